The zero-order chi connectivity index (χ0) is 21.2. The Morgan fingerprint density at radius 2 is 1.90 bits per heavy atom. The minimum absolute atomic E-state index is 0.105. The highest BCUT2D eigenvalue weighted by Crippen LogP contribution is 2.62. The van der Waals surface area contributed by atoms with E-state index in [1.165, 1.54) is 0 Å². The first-order valence-electron chi connectivity index (χ1n) is 10.7. The number of fused-ring (bicyclic) bond motifs is 2. The van der Waals surface area contributed by atoms with Gasteiger partial charge in [-0.1, -0.05) is 24.3 Å². The second-order valence-electron chi connectivity index (χ2n) is 9.22. The van der Waals surface area contributed by atoms with E-state index in [1.807, 2.05) is 53.9 Å². The van der Waals surface area contributed by atoms with Gasteiger partial charge in [-0.3, -0.25) is 9.59 Å². The molecule has 6 rings (SSSR count). The van der Waals surface area contributed by atoms with Gasteiger partial charge in [0.1, 0.15) is 11.3 Å². The van der Waals surface area contributed by atoms with Crippen LogP contribution in [0.5, 0.6) is 0 Å². The summed E-state index contributed by atoms with van der Waals surface area (Å²) >= 11 is 0. The first kappa shape index (κ1) is 18.3. The van der Waals surface area contributed by atoms with Crippen molar-refractivity contribution in [2.24, 2.45) is 5.41 Å². The second kappa shape index (κ2) is 6.51. The van der Waals surface area contributed by atoms with Crippen molar-refractivity contribution in [1.82, 2.24) is 24.9 Å². The van der Waals surface area contributed by atoms with Gasteiger partial charge in [0, 0.05) is 29.7 Å². The Hall–Kier alpha value is -3.48. The SMILES string of the molecule is Cc1cccn2cc(C(=O)N[C@H]3CC4(C3)C[C@H](c3n[nH]c(=O)c5ccccc53)C4)nc12. The fourth-order valence-corrected chi connectivity index (χ4v) is 5.57. The van der Waals surface area contributed by atoms with E-state index in [-0.39, 0.29) is 22.9 Å². The molecule has 156 valence electrons. The van der Waals surface area contributed by atoms with Crippen LogP contribution < -0.4 is 10.9 Å². The van der Waals surface area contributed by atoms with E-state index in [9.17, 15) is 9.59 Å². The zero-order valence-electron chi connectivity index (χ0n) is 17.3. The number of nitrogens with one attached hydrogen (secondary N) is 2. The molecular weight excluding hydrogens is 390 g/mol. The molecule has 3 aromatic heterocycles. The van der Waals surface area contributed by atoms with Gasteiger partial charge in [0.25, 0.3) is 11.5 Å². The molecular formula is C24H23N5O2. The number of pyridine rings is 1. The zero-order valence-corrected chi connectivity index (χ0v) is 17.3. The molecule has 0 aliphatic heterocycles. The predicted octanol–water partition coefficient (Wildman–Crippen LogP) is 3.34. The van der Waals surface area contributed by atoms with Crippen LogP contribution in [0, 0.1) is 12.3 Å². The fraction of sp³-hybridized carbons (Fsp3) is 0.333. The van der Waals surface area contributed by atoms with Crippen molar-refractivity contribution in [3.05, 3.63) is 76.1 Å². The molecule has 7 heteroatoms. The van der Waals surface area contributed by atoms with Gasteiger partial charge < -0.3 is 9.72 Å². The summed E-state index contributed by atoms with van der Waals surface area (Å²) in [6, 6.07) is 11.8. The lowest BCUT2D eigenvalue weighted by molar-refractivity contribution is -0.0197. The summed E-state index contributed by atoms with van der Waals surface area (Å²) in [7, 11) is 0. The molecule has 2 aliphatic carbocycles. The molecule has 0 atom stereocenters. The van der Waals surface area contributed by atoms with Gasteiger partial charge in [-0.05, 0) is 55.7 Å². The van der Waals surface area contributed by atoms with Crippen LogP contribution in [0.3, 0.4) is 0 Å². The molecule has 2 fully saturated rings. The summed E-state index contributed by atoms with van der Waals surface area (Å²) in [5, 5.41) is 11.8. The molecule has 1 spiro atoms. The predicted molar refractivity (Wildman–Crippen MR) is 117 cm³/mol. The molecule has 4 aromatic rings. The summed E-state index contributed by atoms with van der Waals surface area (Å²) in [6.07, 6.45) is 7.78. The second-order valence-corrected chi connectivity index (χ2v) is 9.22. The maximum atomic E-state index is 12.7. The average Bonchev–Trinajstić information content (AvgIpc) is 3.16. The maximum absolute atomic E-state index is 12.7. The lowest BCUT2D eigenvalue weighted by atomic mass is 9.49. The van der Waals surface area contributed by atoms with Gasteiger partial charge in [0.2, 0.25) is 0 Å². The third-order valence-corrected chi connectivity index (χ3v) is 7.08. The molecule has 1 aromatic carbocycles. The fourth-order valence-electron chi connectivity index (χ4n) is 5.57. The standard InChI is InChI=1S/C24H23N5O2/c1-14-5-4-8-29-13-19(26-21(14)29)23(31)25-16-11-24(12-16)9-15(10-24)20-17-6-2-3-7-18(17)22(30)28-27-20/h2-8,13,15-16H,9-12H2,1H3,(H,25,31)(H,28,30)/t15-,16-,24?. The van der Waals surface area contributed by atoms with E-state index in [4.69, 9.17) is 0 Å². The normalized spacial score (nSPS) is 24.8. The number of rotatable bonds is 3. The molecule has 31 heavy (non-hydrogen) atoms. The van der Waals surface area contributed by atoms with Crippen LogP contribution in [0.4, 0.5) is 0 Å². The molecule has 0 bridgehead atoms. The largest absolute Gasteiger partial charge is 0.348 e. The Balaban J connectivity index is 1.11. The molecule has 0 radical (unpaired) electrons. The average molecular weight is 413 g/mol. The molecule has 1 amide bonds. The van der Waals surface area contributed by atoms with Crippen LogP contribution in [0.2, 0.25) is 0 Å². The number of hydrogen-bond donors (Lipinski definition) is 2. The minimum Gasteiger partial charge on any atom is -0.348 e. The first-order valence-corrected chi connectivity index (χ1v) is 10.7. The number of carbonyl (C=O) groups is 1. The lowest BCUT2D eigenvalue weighted by Crippen LogP contribution is -2.55. The molecule has 0 saturated heterocycles. The van der Waals surface area contributed by atoms with Crippen LogP contribution in [-0.2, 0) is 0 Å². The van der Waals surface area contributed by atoms with Gasteiger partial charge >= 0.3 is 0 Å². The van der Waals surface area contributed by atoms with Crippen LogP contribution >= 0.6 is 0 Å². The number of aromatic amines is 1. The number of aromatic nitrogens is 4. The summed E-state index contributed by atoms with van der Waals surface area (Å²) in [5.74, 6) is 0.256. The highest BCUT2D eigenvalue weighted by Gasteiger charge is 2.54. The van der Waals surface area contributed by atoms with Crippen molar-refractivity contribution in [2.75, 3.05) is 0 Å². The van der Waals surface area contributed by atoms with E-state index in [1.54, 1.807) is 6.20 Å². The van der Waals surface area contributed by atoms with Crippen molar-refractivity contribution >= 4 is 22.3 Å². The third-order valence-electron chi connectivity index (χ3n) is 7.08. The third kappa shape index (κ3) is 2.87. The molecule has 0 unspecified atom stereocenters. The molecule has 2 N–H and O–H groups in total. The summed E-state index contributed by atoms with van der Waals surface area (Å²) < 4.78 is 1.89. The van der Waals surface area contributed by atoms with Crippen LogP contribution in [0.25, 0.3) is 16.4 Å². The molecule has 2 aliphatic rings. The summed E-state index contributed by atoms with van der Waals surface area (Å²) in [6.45, 7) is 1.99. The van der Waals surface area contributed by atoms with Gasteiger partial charge in [-0.2, -0.15) is 5.10 Å². The van der Waals surface area contributed by atoms with Crippen molar-refractivity contribution < 1.29 is 4.79 Å². The van der Waals surface area contributed by atoms with Crippen molar-refractivity contribution in [1.29, 1.82) is 0 Å². The van der Waals surface area contributed by atoms with Crippen molar-refractivity contribution in [2.45, 2.75) is 44.6 Å². The minimum atomic E-state index is -0.137. The van der Waals surface area contributed by atoms with Crippen molar-refractivity contribution in [3.8, 4) is 0 Å². The van der Waals surface area contributed by atoms with E-state index in [2.05, 4.69) is 20.5 Å². The van der Waals surface area contributed by atoms with Gasteiger partial charge in [-0.15, -0.1) is 0 Å². The van der Waals surface area contributed by atoms with Crippen LogP contribution in [0.1, 0.15) is 53.3 Å². The number of benzene rings is 1. The number of carbonyl (C=O) groups excluding carboxylic acids is 1. The van der Waals surface area contributed by atoms with Gasteiger partial charge in [0.15, 0.2) is 0 Å². The van der Waals surface area contributed by atoms with Crippen LogP contribution in [0.15, 0.2) is 53.6 Å². The van der Waals surface area contributed by atoms with E-state index >= 15 is 0 Å². The van der Waals surface area contributed by atoms with Crippen molar-refractivity contribution in [3.63, 3.8) is 0 Å². The van der Waals surface area contributed by atoms with Gasteiger partial charge in [-0.25, -0.2) is 10.1 Å². The highest BCUT2D eigenvalue weighted by molar-refractivity contribution is 5.93. The number of hydrogen-bond acceptors (Lipinski definition) is 4. The number of aryl methyl sites for hydroxylation is 1. The lowest BCUT2D eigenvalue weighted by Gasteiger charge is -2.57. The number of H-pyrrole nitrogens is 1. The Morgan fingerprint density at radius 3 is 2.68 bits per heavy atom. The summed E-state index contributed by atoms with van der Waals surface area (Å²) in [5.41, 5.74) is 3.48. The van der Waals surface area contributed by atoms with Crippen LogP contribution in [-0.4, -0.2) is 31.5 Å². The first-order chi connectivity index (χ1) is 15.0. The Morgan fingerprint density at radius 1 is 1.13 bits per heavy atom. The number of imidazole rings is 1. The quantitative estimate of drug-likeness (QED) is 0.539. The Kier molecular flexibility index (Phi) is 3.84. The molecule has 2 saturated carbocycles. The van der Waals surface area contributed by atoms with E-state index in [0.717, 1.165) is 48.0 Å². The highest BCUT2D eigenvalue weighted by atomic mass is 16.2. The number of nitrogens with zero attached hydrogens (tertiary/aromatic N) is 3. The smallest absolute Gasteiger partial charge is 0.272 e. The monoisotopic (exact) mass is 413 g/mol. The molecule has 3 heterocycles. The topological polar surface area (TPSA) is 92.1 Å². The number of amides is 1. The van der Waals surface area contributed by atoms with E-state index < -0.39 is 0 Å². The van der Waals surface area contributed by atoms with E-state index in [0.29, 0.717) is 17.0 Å². The Labute approximate surface area is 178 Å². The van der Waals surface area contributed by atoms with Gasteiger partial charge in [0.05, 0.1) is 11.1 Å². The maximum Gasteiger partial charge on any atom is 0.272 e. The molecule has 7 nitrogen and oxygen atoms in total. The summed E-state index contributed by atoms with van der Waals surface area (Å²) in [4.78, 5) is 29.2. The Bertz CT molecular complexity index is 1390.